The summed E-state index contributed by atoms with van der Waals surface area (Å²) < 4.78 is 38.7. The van der Waals surface area contributed by atoms with Crippen molar-refractivity contribution in [2.45, 2.75) is 24.2 Å². The number of hydrazine groups is 1. The molecule has 154 valence electrons. The summed E-state index contributed by atoms with van der Waals surface area (Å²) in [5, 5.41) is 1.92. The molecule has 1 fully saturated rings. The van der Waals surface area contributed by atoms with Crippen molar-refractivity contribution in [1.29, 1.82) is 0 Å². The zero-order valence-electron chi connectivity index (χ0n) is 15.9. The maximum absolute atomic E-state index is 12.7. The molecule has 8 nitrogen and oxygen atoms in total. The van der Waals surface area contributed by atoms with Crippen LogP contribution in [0.3, 0.4) is 0 Å². The van der Waals surface area contributed by atoms with Gasteiger partial charge in [-0.1, -0.05) is 6.42 Å². The molecule has 2 aliphatic heterocycles. The molecule has 2 N–H and O–H groups in total. The third-order valence-electron chi connectivity index (χ3n) is 4.84. The Morgan fingerprint density at radius 1 is 0.897 bits per heavy atom. The second-order valence-electron chi connectivity index (χ2n) is 6.98. The SMILES string of the molecule is O=C(NN1CCCCC1)c1ccc(NS(=O)(=O)c2ccc3c(c2)OCCO3)cc1. The van der Waals surface area contributed by atoms with Gasteiger partial charge in [0, 0.05) is 30.4 Å². The number of hydrogen-bond donors (Lipinski definition) is 2. The van der Waals surface area contributed by atoms with Crippen LogP contribution in [0, 0.1) is 0 Å². The lowest BCUT2D eigenvalue weighted by Crippen LogP contribution is -2.45. The first-order valence-electron chi connectivity index (χ1n) is 9.60. The van der Waals surface area contributed by atoms with Crippen LogP contribution in [0.15, 0.2) is 47.4 Å². The van der Waals surface area contributed by atoms with Gasteiger partial charge in [-0.3, -0.25) is 14.9 Å². The Morgan fingerprint density at radius 2 is 1.59 bits per heavy atom. The van der Waals surface area contributed by atoms with Crippen molar-refractivity contribution < 1.29 is 22.7 Å². The topological polar surface area (TPSA) is 97.0 Å². The summed E-state index contributed by atoms with van der Waals surface area (Å²) in [6, 6.07) is 10.8. The fourth-order valence-corrected chi connectivity index (χ4v) is 4.38. The van der Waals surface area contributed by atoms with E-state index >= 15 is 0 Å². The van der Waals surface area contributed by atoms with Crippen LogP contribution < -0.4 is 19.6 Å². The van der Waals surface area contributed by atoms with Gasteiger partial charge in [0.2, 0.25) is 0 Å². The van der Waals surface area contributed by atoms with Crippen molar-refractivity contribution in [3.63, 3.8) is 0 Å². The lowest BCUT2D eigenvalue weighted by Gasteiger charge is -2.26. The number of fused-ring (bicyclic) bond motifs is 1. The van der Waals surface area contributed by atoms with Crippen LogP contribution in [0.5, 0.6) is 11.5 Å². The number of ether oxygens (including phenoxy) is 2. The molecule has 1 amide bonds. The van der Waals surface area contributed by atoms with Crippen LogP contribution in [-0.2, 0) is 10.0 Å². The molecule has 0 spiro atoms. The fourth-order valence-electron chi connectivity index (χ4n) is 3.31. The number of sulfonamides is 1. The molecule has 2 aromatic carbocycles. The molecule has 2 heterocycles. The highest BCUT2D eigenvalue weighted by molar-refractivity contribution is 7.92. The van der Waals surface area contributed by atoms with Crippen LogP contribution in [0.2, 0.25) is 0 Å². The van der Waals surface area contributed by atoms with Crippen molar-refractivity contribution in [1.82, 2.24) is 10.4 Å². The molecule has 0 radical (unpaired) electrons. The highest BCUT2D eigenvalue weighted by Gasteiger charge is 2.20. The molecule has 2 aromatic rings. The first-order valence-corrected chi connectivity index (χ1v) is 11.1. The number of piperidine rings is 1. The number of nitrogens with zero attached hydrogens (tertiary/aromatic N) is 1. The van der Waals surface area contributed by atoms with Crippen LogP contribution in [0.1, 0.15) is 29.6 Å². The Kier molecular flexibility index (Phi) is 5.59. The molecule has 0 aliphatic carbocycles. The maximum Gasteiger partial charge on any atom is 0.265 e. The zero-order chi connectivity index (χ0) is 20.3. The normalized spacial score (nSPS) is 16.8. The number of rotatable bonds is 5. The molecular formula is C20H23N3O5S. The van der Waals surface area contributed by atoms with E-state index in [0.717, 1.165) is 25.9 Å². The summed E-state index contributed by atoms with van der Waals surface area (Å²) in [6.07, 6.45) is 3.33. The van der Waals surface area contributed by atoms with E-state index in [-0.39, 0.29) is 10.8 Å². The van der Waals surface area contributed by atoms with Gasteiger partial charge in [-0.05, 0) is 49.2 Å². The largest absolute Gasteiger partial charge is 0.486 e. The monoisotopic (exact) mass is 417 g/mol. The number of nitrogens with one attached hydrogen (secondary N) is 2. The van der Waals surface area contributed by atoms with E-state index in [1.807, 2.05) is 5.01 Å². The number of benzene rings is 2. The Morgan fingerprint density at radius 3 is 2.31 bits per heavy atom. The van der Waals surface area contributed by atoms with Crippen LogP contribution in [-0.4, -0.2) is 45.6 Å². The van der Waals surface area contributed by atoms with E-state index in [9.17, 15) is 13.2 Å². The summed E-state index contributed by atoms with van der Waals surface area (Å²) in [4.78, 5) is 12.4. The van der Waals surface area contributed by atoms with Gasteiger partial charge in [-0.2, -0.15) is 0 Å². The third-order valence-corrected chi connectivity index (χ3v) is 6.22. The summed E-state index contributed by atoms with van der Waals surface area (Å²) in [5.74, 6) is 0.733. The average Bonchev–Trinajstić information content (AvgIpc) is 2.74. The molecule has 9 heteroatoms. The Hall–Kier alpha value is -2.78. The second-order valence-corrected chi connectivity index (χ2v) is 8.66. The number of anilines is 1. The van der Waals surface area contributed by atoms with Crippen molar-refractivity contribution >= 4 is 21.6 Å². The Balaban J connectivity index is 1.43. The lowest BCUT2D eigenvalue weighted by atomic mass is 10.1. The van der Waals surface area contributed by atoms with Gasteiger partial charge in [-0.25, -0.2) is 13.4 Å². The summed E-state index contributed by atoms with van der Waals surface area (Å²) in [6.45, 7) is 2.51. The van der Waals surface area contributed by atoms with E-state index in [0.29, 0.717) is 36.0 Å². The van der Waals surface area contributed by atoms with Crippen molar-refractivity contribution in [2.75, 3.05) is 31.0 Å². The number of amides is 1. The minimum Gasteiger partial charge on any atom is -0.486 e. The van der Waals surface area contributed by atoms with Crippen molar-refractivity contribution in [3.8, 4) is 11.5 Å². The molecule has 2 aliphatic rings. The minimum atomic E-state index is -3.80. The van der Waals surface area contributed by atoms with Crippen LogP contribution in [0.4, 0.5) is 5.69 Å². The maximum atomic E-state index is 12.7. The molecule has 4 rings (SSSR count). The van der Waals surface area contributed by atoms with Crippen molar-refractivity contribution in [2.24, 2.45) is 0 Å². The molecule has 29 heavy (non-hydrogen) atoms. The highest BCUT2D eigenvalue weighted by Crippen LogP contribution is 2.32. The van der Waals surface area contributed by atoms with Gasteiger partial charge in [-0.15, -0.1) is 0 Å². The van der Waals surface area contributed by atoms with Gasteiger partial charge in [0.25, 0.3) is 15.9 Å². The second kappa shape index (κ2) is 8.30. The molecule has 1 saturated heterocycles. The highest BCUT2D eigenvalue weighted by atomic mass is 32.2. The van der Waals surface area contributed by atoms with Gasteiger partial charge in [0.1, 0.15) is 13.2 Å². The molecular weight excluding hydrogens is 394 g/mol. The zero-order valence-corrected chi connectivity index (χ0v) is 16.7. The standard InChI is InChI=1S/C20H23N3O5S/c24-20(21-23-10-2-1-3-11-23)15-4-6-16(7-5-15)22-29(25,26)17-8-9-18-19(14-17)28-13-12-27-18/h4-9,14,22H,1-3,10-13H2,(H,21,24). The first-order chi connectivity index (χ1) is 14.0. The summed E-state index contributed by atoms with van der Waals surface area (Å²) >= 11 is 0. The van der Waals surface area contributed by atoms with E-state index in [1.165, 1.54) is 18.6 Å². The predicted octanol–water partition coefficient (Wildman–Crippen LogP) is 2.39. The fraction of sp³-hybridized carbons (Fsp3) is 0.350. The van der Waals surface area contributed by atoms with E-state index in [2.05, 4.69) is 10.1 Å². The number of hydrogen-bond acceptors (Lipinski definition) is 6. The quantitative estimate of drug-likeness (QED) is 0.775. The molecule has 0 unspecified atom stereocenters. The summed E-state index contributed by atoms with van der Waals surface area (Å²) in [5.41, 5.74) is 3.73. The van der Waals surface area contributed by atoms with Gasteiger partial charge in [0.05, 0.1) is 4.90 Å². The van der Waals surface area contributed by atoms with Gasteiger partial charge in [0.15, 0.2) is 11.5 Å². The van der Waals surface area contributed by atoms with Crippen molar-refractivity contribution in [3.05, 3.63) is 48.0 Å². The minimum absolute atomic E-state index is 0.0775. The molecule has 0 aromatic heterocycles. The first kappa shape index (κ1) is 19.5. The molecule has 0 saturated carbocycles. The summed E-state index contributed by atoms with van der Waals surface area (Å²) in [7, 11) is -3.80. The predicted molar refractivity (Wildman–Crippen MR) is 108 cm³/mol. The average molecular weight is 417 g/mol. The third kappa shape index (κ3) is 4.63. The van der Waals surface area contributed by atoms with E-state index in [4.69, 9.17) is 9.47 Å². The number of carbonyl (C=O) groups is 1. The van der Waals surface area contributed by atoms with E-state index < -0.39 is 10.0 Å². The van der Waals surface area contributed by atoms with Gasteiger partial charge >= 0.3 is 0 Å². The van der Waals surface area contributed by atoms with E-state index in [1.54, 1.807) is 30.3 Å². The van der Waals surface area contributed by atoms with Crippen LogP contribution in [0.25, 0.3) is 0 Å². The Bertz CT molecular complexity index is 986. The van der Waals surface area contributed by atoms with Crippen LogP contribution >= 0.6 is 0 Å². The molecule has 0 bridgehead atoms. The Labute approximate surface area is 169 Å². The van der Waals surface area contributed by atoms with Gasteiger partial charge < -0.3 is 9.47 Å². The smallest absolute Gasteiger partial charge is 0.265 e. The number of carbonyl (C=O) groups excluding carboxylic acids is 1. The lowest BCUT2D eigenvalue weighted by molar-refractivity contribution is 0.0750. The molecule has 0 atom stereocenters.